The molecule has 0 bridgehead atoms. The monoisotopic (exact) mass is 366 g/mol. The van der Waals surface area contributed by atoms with Gasteiger partial charge in [0.25, 0.3) is 0 Å². The van der Waals surface area contributed by atoms with Crippen molar-refractivity contribution in [3.05, 3.63) is 69.0 Å². The van der Waals surface area contributed by atoms with Crippen LogP contribution in [0.3, 0.4) is 0 Å². The molecule has 0 atom stereocenters. The zero-order valence-electron chi connectivity index (χ0n) is 13.7. The lowest BCUT2D eigenvalue weighted by Gasteiger charge is -2.02. The molecule has 1 heterocycles. The molecule has 0 radical (unpaired) electrons. The molecule has 0 saturated heterocycles. The molecule has 0 unspecified atom stereocenters. The van der Waals surface area contributed by atoms with Crippen LogP contribution in [-0.2, 0) is 0 Å². The molecule has 0 aliphatic carbocycles. The minimum Gasteiger partial charge on any atom is -0.277 e. The molecule has 3 rings (SSSR count). The van der Waals surface area contributed by atoms with Crippen LogP contribution in [0.15, 0.2) is 52.9 Å². The molecular formula is C19H15ClN4S. The minimum absolute atomic E-state index is 0.236. The maximum atomic E-state index is 9.39. The lowest BCUT2D eigenvalue weighted by Crippen LogP contribution is -2.01. The van der Waals surface area contributed by atoms with Gasteiger partial charge in [-0.25, -0.2) is 4.98 Å². The summed E-state index contributed by atoms with van der Waals surface area (Å²) in [6, 6.07) is 15.5. The highest BCUT2D eigenvalue weighted by atomic mass is 35.5. The van der Waals surface area contributed by atoms with E-state index in [4.69, 9.17) is 11.6 Å². The van der Waals surface area contributed by atoms with Gasteiger partial charge in [-0.3, -0.25) is 5.43 Å². The molecule has 2 aromatic carbocycles. The number of aryl methyl sites for hydroxylation is 2. The van der Waals surface area contributed by atoms with Gasteiger partial charge >= 0.3 is 0 Å². The number of hydrogen-bond donors (Lipinski definition) is 1. The number of hydrazone groups is 1. The zero-order valence-corrected chi connectivity index (χ0v) is 15.3. The van der Waals surface area contributed by atoms with Gasteiger partial charge in [0.15, 0.2) is 10.7 Å². The zero-order chi connectivity index (χ0) is 17.8. The number of anilines is 1. The number of aromatic nitrogens is 1. The molecule has 25 heavy (non-hydrogen) atoms. The van der Waals surface area contributed by atoms with E-state index in [-0.39, 0.29) is 5.71 Å². The summed E-state index contributed by atoms with van der Waals surface area (Å²) >= 11 is 7.34. The molecule has 0 fully saturated rings. The molecule has 4 nitrogen and oxygen atoms in total. The first-order valence-electron chi connectivity index (χ1n) is 7.59. The Bertz CT molecular complexity index is 985. The Kier molecular flexibility index (Phi) is 5.13. The molecule has 1 N–H and O–H groups in total. The third-order valence-corrected chi connectivity index (χ3v) is 4.82. The number of nitrogens with one attached hydrogen (secondary N) is 1. The summed E-state index contributed by atoms with van der Waals surface area (Å²) in [5.74, 6) is 0. The van der Waals surface area contributed by atoms with Gasteiger partial charge < -0.3 is 0 Å². The summed E-state index contributed by atoms with van der Waals surface area (Å²) in [6.07, 6.45) is 0. The van der Waals surface area contributed by atoms with Crippen molar-refractivity contribution in [1.29, 1.82) is 5.26 Å². The first kappa shape index (κ1) is 17.2. The van der Waals surface area contributed by atoms with Gasteiger partial charge in [0.2, 0.25) is 0 Å². The van der Waals surface area contributed by atoms with Crippen molar-refractivity contribution < 1.29 is 0 Å². The van der Waals surface area contributed by atoms with Crippen LogP contribution in [-0.4, -0.2) is 10.7 Å². The Balaban J connectivity index is 1.85. The quantitative estimate of drug-likeness (QED) is 0.495. The standard InChI is InChI=1S/C19H15ClN4S/c1-12-6-7-14(8-13(12)2)18-11-25-19(22-18)17(10-21)24-23-16-5-3-4-15(20)9-16/h3-9,11,23H,1-2H3/b24-17-. The molecule has 124 valence electrons. The van der Waals surface area contributed by atoms with Crippen molar-refractivity contribution in [2.24, 2.45) is 5.10 Å². The molecule has 0 aliphatic heterocycles. The maximum absolute atomic E-state index is 9.39. The predicted molar refractivity (Wildman–Crippen MR) is 104 cm³/mol. The molecule has 1 aromatic heterocycles. The van der Waals surface area contributed by atoms with Crippen LogP contribution in [0.4, 0.5) is 5.69 Å². The lowest BCUT2D eigenvalue weighted by molar-refractivity contribution is 1.30. The Morgan fingerprint density at radius 3 is 2.76 bits per heavy atom. The van der Waals surface area contributed by atoms with Crippen molar-refractivity contribution in [3.8, 4) is 17.3 Å². The highest BCUT2D eigenvalue weighted by molar-refractivity contribution is 7.12. The topological polar surface area (TPSA) is 61.1 Å². The van der Waals surface area contributed by atoms with E-state index in [0.29, 0.717) is 15.7 Å². The van der Waals surface area contributed by atoms with Crippen molar-refractivity contribution in [2.75, 3.05) is 5.43 Å². The van der Waals surface area contributed by atoms with E-state index in [1.165, 1.54) is 22.5 Å². The fraction of sp³-hybridized carbons (Fsp3) is 0.105. The van der Waals surface area contributed by atoms with Crippen molar-refractivity contribution in [2.45, 2.75) is 13.8 Å². The lowest BCUT2D eigenvalue weighted by atomic mass is 10.1. The fourth-order valence-corrected chi connectivity index (χ4v) is 3.17. The predicted octanol–water partition coefficient (Wildman–Crippen LogP) is 5.42. The van der Waals surface area contributed by atoms with Crippen LogP contribution in [0.25, 0.3) is 11.3 Å². The number of halogens is 1. The summed E-state index contributed by atoms with van der Waals surface area (Å²) in [7, 11) is 0. The van der Waals surface area contributed by atoms with Crippen molar-refractivity contribution in [1.82, 2.24) is 4.98 Å². The smallest absolute Gasteiger partial charge is 0.196 e. The van der Waals surface area contributed by atoms with E-state index in [0.717, 1.165) is 11.3 Å². The van der Waals surface area contributed by atoms with Crippen LogP contribution in [0.2, 0.25) is 5.02 Å². The fourth-order valence-electron chi connectivity index (χ4n) is 2.21. The first-order chi connectivity index (χ1) is 12.1. The van der Waals surface area contributed by atoms with Gasteiger partial charge in [-0.2, -0.15) is 10.4 Å². The molecule has 0 spiro atoms. The van der Waals surface area contributed by atoms with Gasteiger partial charge in [-0.1, -0.05) is 29.8 Å². The minimum atomic E-state index is 0.236. The number of thiazole rings is 1. The number of nitriles is 1. The van der Waals surface area contributed by atoms with Gasteiger partial charge in [-0.05, 0) is 49.2 Å². The second kappa shape index (κ2) is 7.47. The SMILES string of the molecule is Cc1ccc(-c2csc(/C(C#N)=N\Nc3cccc(Cl)c3)n2)cc1C. The Morgan fingerprint density at radius 2 is 2.04 bits per heavy atom. The third-order valence-electron chi connectivity index (χ3n) is 3.74. The summed E-state index contributed by atoms with van der Waals surface area (Å²) < 4.78 is 0. The van der Waals surface area contributed by atoms with E-state index in [2.05, 4.69) is 47.6 Å². The van der Waals surface area contributed by atoms with Crippen LogP contribution in [0.1, 0.15) is 16.1 Å². The molecule has 3 aromatic rings. The van der Waals surface area contributed by atoms with E-state index in [1.807, 2.05) is 23.6 Å². The number of rotatable bonds is 4. The van der Waals surface area contributed by atoms with E-state index < -0.39 is 0 Å². The highest BCUT2D eigenvalue weighted by Crippen LogP contribution is 2.24. The van der Waals surface area contributed by atoms with Gasteiger partial charge in [-0.15, -0.1) is 11.3 Å². The Labute approximate surface area is 155 Å². The molecule has 0 aliphatic rings. The maximum Gasteiger partial charge on any atom is 0.196 e. The normalized spacial score (nSPS) is 11.2. The second-order valence-electron chi connectivity index (χ2n) is 5.53. The van der Waals surface area contributed by atoms with Crippen LogP contribution in [0.5, 0.6) is 0 Å². The van der Waals surface area contributed by atoms with Gasteiger partial charge in [0.1, 0.15) is 6.07 Å². The highest BCUT2D eigenvalue weighted by Gasteiger charge is 2.11. The number of nitrogens with zero attached hydrogens (tertiary/aromatic N) is 3. The summed E-state index contributed by atoms with van der Waals surface area (Å²) in [5, 5.41) is 16.7. The van der Waals surface area contributed by atoms with Crippen LogP contribution >= 0.6 is 22.9 Å². The average Bonchev–Trinajstić information content (AvgIpc) is 3.08. The van der Waals surface area contributed by atoms with E-state index in [1.54, 1.807) is 12.1 Å². The second-order valence-corrected chi connectivity index (χ2v) is 6.83. The van der Waals surface area contributed by atoms with Crippen molar-refractivity contribution >= 4 is 34.3 Å². The van der Waals surface area contributed by atoms with E-state index >= 15 is 0 Å². The summed E-state index contributed by atoms with van der Waals surface area (Å²) in [5.41, 5.74) is 8.12. The van der Waals surface area contributed by atoms with Crippen molar-refractivity contribution in [3.63, 3.8) is 0 Å². The molecule has 6 heteroatoms. The molecule has 0 amide bonds. The largest absolute Gasteiger partial charge is 0.277 e. The first-order valence-corrected chi connectivity index (χ1v) is 8.85. The molecular weight excluding hydrogens is 352 g/mol. The number of hydrogen-bond acceptors (Lipinski definition) is 5. The van der Waals surface area contributed by atoms with Crippen LogP contribution < -0.4 is 5.43 Å². The van der Waals surface area contributed by atoms with Gasteiger partial charge in [0, 0.05) is 16.0 Å². The van der Waals surface area contributed by atoms with Gasteiger partial charge in [0.05, 0.1) is 11.4 Å². The number of benzene rings is 2. The summed E-state index contributed by atoms with van der Waals surface area (Å²) in [6.45, 7) is 4.15. The molecule has 0 saturated carbocycles. The summed E-state index contributed by atoms with van der Waals surface area (Å²) in [4.78, 5) is 4.55. The van der Waals surface area contributed by atoms with E-state index in [9.17, 15) is 5.26 Å². The third kappa shape index (κ3) is 4.05. The average molecular weight is 367 g/mol. The Hall–Kier alpha value is -2.68. The van der Waals surface area contributed by atoms with Crippen LogP contribution in [0, 0.1) is 25.2 Å². The Morgan fingerprint density at radius 1 is 1.20 bits per heavy atom.